The second-order valence-electron chi connectivity index (χ2n) is 5.86. The third kappa shape index (κ3) is 3.00. The zero-order valence-electron chi connectivity index (χ0n) is 13.1. The maximum Gasteiger partial charge on any atom is 0.187 e. The van der Waals surface area contributed by atoms with Gasteiger partial charge in [0.2, 0.25) is 0 Å². The number of anilines is 1. The van der Waals surface area contributed by atoms with E-state index in [9.17, 15) is 0 Å². The van der Waals surface area contributed by atoms with E-state index in [1.807, 2.05) is 24.7 Å². The lowest BCUT2D eigenvalue weighted by Gasteiger charge is -2.34. The standard InChI is InChI=1S/C16H20N4O2S/c1-23-16-18-10-12-13(19-16)2-5-17-14(12)20-6-3-11(4-7-20)15-21-8-9-22-15/h2,5,10-11,15H,3-4,6-9H2,1H3. The second-order valence-corrected chi connectivity index (χ2v) is 6.63. The van der Waals surface area contributed by atoms with Gasteiger partial charge in [-0.3, -0.25) is 0 Å². The highest BCUT2D eigenvalue weighted by Crippen LogP contribution is 2.30. The Morgan fingerprint density at radius 1 is 1.17 bits per heavy atom. The van der Waals surface area contributed by atoms with E-state index in [0.29, 0.717) is 5.92 Å². The number of hydrogen-bond acceptors (Lipinski definition) is 7. The summed E-state index contributed by atoms with van der Waals surface area (Å²) in [6.07, 6.45) is 7.83. The molecule has 122 valence electrons. The monoisotopic (exact) mass is 332 g/mol. The molecule has 2 aromatic rings. The van der Waals surface area contributed by atoms with E-state index in [2.05, 4.69) is 19.9 Å². The summed E-state index contributed by atoms with van der Waals surface area (Å²) < 4.78 is 11.3. The summed E-state index contributed by atoms with van der Waals surface area (Å²) in [5, 5.41) is 1.82. The zero-order chi connectivity index (χ0) is 15.6. The van der Waals surface area contributed by atoms with Gasteiger partial charge >= 0.3 is 0 Å². The maximum atomic E-state index is 5.65. The molecule has 0 amide bonds. The Bertz CT molecular complexity index is 685. The first-order valence-electron chi connectivity index (χ1n) is 7.99. The van der Waals surface area contributed by atoms with Crippen LogP contribution in [0.5, 0.6) is 0 Å². The number of piperidine rings is 1. The van der Waals surface area contributed by atoms with E-state index in [0.717, 1.165) is 61.0 Å². The summed E-state index contributed by atoms with van der Waals surface area (Å²) in [5.74, 6) is 1.48. The van der Waals surface area contributed by atoms with Crippen molar-refractivity contribution in [1.29, 1.82) is 0 Å². The van der Waals surface area contributed by atoms with Gasteiger partial charge in [0.25, 0.3) is 0 Å². The number of fused-ring (bicyclic) bond motifs is 1. The molecule has 0 unspecified atom stereocenters. The predicted octanol–water partition coefficient (Wildman–Crippen LogP) is 2.34. The normalized spacial score (nSPS) is 20.5. The summed E-state index contributed by atoms with van der Waals surface area (Å²) in [4.78, 5) is 15.9. The van der Waals surface area contributed by atoms with E-state index in [1.54, 1.807) is 11.8 Å². The summed E-state index contributed by atoms with van der Waals surface area (Å²) in [6, 6.07) is 1.95. The maximum absolute atomic E-state index is 5.65. The average molecular weight is 332 g/mol. The minimum Gasteiger partial charge on any atom is -0.356 e. The Balaban J connectivity index is 1.53. The molecule has 23 heavy (non-hydrogen) atoms. The Morgan fingerprint density at radius 3 is 2.70 bits per heavy atom. The Hall–Kier alpha value is -1.44. The van der Waals surface area contributed by atoms with Gasteiger partial charge in [0.1, 0.15) is 5.82 Å². The topological polar surface area (TPSA) is 60.4 Å². The predicted molar refractivity (Wildman–Crippen MR) is 89.7 cm³/mol. The van der Waals surface area contributed by atoms with Gasteiger partial charge in [0.05, 0.1) is 24.1 Å². The summed E-state index contributed by atoms with van der Waals surface area (Å²) in [7, 11) is 0. The lowest BCUT2D eigenvalue weighted by atomic mass is 9.96. The molecule has 0 bridgehead atoms. The molecule has 4 heterocycles. The van der Waals surface area contributed by atoms with E-state index in [1.165, 1.54) is 0 Å². The number of thioether (sulfide) groups is 1. The van der Waals surface area contributed by atoms with Crippen molar-refractivity contribution in [3.63, 3.8) is 0 Å². The third-order valence-electron chi connectivity index (χ3n) is 4.52. The zero-order valence-corrected chi connectivity index (χ0v) is 14.0. The van der Waals surface area contributed by atoms with E-state index >= 15 is 0 Å². The molecule has 2 saturated heterocycles. The Labute approximate surface area is 139 Å². The Kier molecular flexibility index (Phi) is 4.33. The number of hydrogen-bond donors (Lipinski definition) is 0. The highest BCUT2D eigenvalue weighted by molar-refractivity contribution is 7.98. The molecule has 2 aliphatic rings. The fourth-order valence-electron chi connectivity index (χ4n) is 3.31. The van der Waals surface area contributed by atoms with Crippen LogP contribution in [-0.4, -0.2) is 53.8 Å². The molecule has 6 nitrogen and oxygen atoms in total. The number of ether oxygens (including phenoxy) is 2. The van der Waals surface area contributed by atoms with Crippen LogP contribution in [-0.2, 0) is 9.47 Å². The molecule has 0 spiro atoms. The smallest absolute Gasteiger partial charge is 0.187 e. The van der Waals surface area contributed by atoms with Crippen molar-refractivity contribution in [1.82, 2.24) is 15.0 Å². The number of rotatable bonds is 3. The molecule has 2 aliphatic heterocycles. The molecule has 0 N–H and O–H groups in total. The van der Waals surface area contributed by atoms with E-state index in [-0.39, 0.29) is 6.29 Å². The van der Waals surface area contributed by atoms with Crippen molar-refractivity contribution < 1.29 is 9.47 Å². The second kappa shape index (κ2) is 6.59. The highest BCUT2D eigenvalue weighted by atomic mass is 32.2. The van der Waals surface area contributed by atoms with Crippen LogP contribution >= 0.6 is 11.8 Å². The third-order valence-corrected chi connectivity index (χ3v) is 5.08. The largest absolute Gasteiger partial charge is 0.356 e. The number of aromatic nitrogens is 3. The number of nitrogens with zero attached hydrogens (tertiary/aromatic N) is 4. The van der Waals surface area contributed by atoms with E-state index in [4.69, 9.17) is 9.47 Å². The first-order valence-corrected chi connectivity index (χ1v) is 9.21. The van der Waals surface area contributed by atoms with Crippen molar-refractivity contribution in [2.45, 2.75) is 24.3 Å². The van der Waals surface area contributed by atoms with Crippen LogP contribution in [0.2, 0.25) is 0 Å². The van der Waals surface area contributed by atoms with Crippen LogP contribution in [0.3, 0.4) is 0 Å². The SMILES string of the molecule is CSc1ncc2c(N3CCC(C4OCCO4)CC3)nccc2n1. The van der Waals surface area contributed by atoms with Gasteiger partial charge < -0.3 is 14.4 Å². The van der Waals surface area contributed by atoms with Gasteiger partial charge in [-0.1, -0.05) is 11.8 Å². The molecule has 7 heteroatoms. The van der Waals surface area contributed by atoms with Gasteiger partial charge in [-0.05, 0) is 25.2 Å². The summed E-state index contributed by atoms with van der Waals surface area (Å²) in [5.41, 5.74) is 0.957. The van der Waals surface area contributed by atoms with Gasteiger partial charge in [-0.2, -0.15) is 0 Å². The van der Waals surface area contributed by atoms with Gasteiger partial charge in [-0.25, -0.2) is 15.0 Å². The molecule has 2 fully saturated rings. The quantitative estimate of drug-likeness (QED) is 0.631. The first-order chi connectivity index (χ1) is 11.3. The first kappa shape index (κ1) is 15.1. The molecule has 0 aromatic carbocycles. The fourth-order valence-corrected chi connectivity index (χ4v) is 3.66. The molecule has 0 saturated carbocycles. The van der Waals surface area contributed by atoms with Crippen molar-refractivity contribution in [2.24, 2.45) is 5.92 Å². The number of pyridine rings is 1. The molecule has 0 atom stereocenters. The summed E-state index contributed by atoms with van der Waals surface area (Å²) >= 11 is 1.56. The van der Waals surface area contributed by atoms with Gasteiger partial charge in [-0.15, -0.1) is 0 Å². The van der Waals surface area contributed by atoms with Crippen LogP contribution in [0.4, 0.5) is 5.82 Å². The van der Waals surface area contributed by atoms with Gasteiger partial charge in [0, 0.05) is 31.4 Å². The lowest BCUT2D eigenvalue weighted by Crippen LogP contribution is -2.38. The average Bonchev–Trinajstić information content (AvgIpc) is 3.15. The molecule has 0 aliphatic carbocycles. The van der Waals surface area contributed by atoms with Crippen LogP contribution < -0.4 is 4.90 Å². The fraction of sp³-hybridized carbons (Fsp3) is 0.562. The van der Waals surface area contributed by atoms with Crippen molar-refractivity contribution in [3.8, 4) is 0 Å². The van der Waals surface area contributed by atoms with Crippen molar-refractivity contribution in [3.05, 3.63) is 18.5 Å². The molecule has 4 rings (SSSR count). The molecular formula is C16H20N4O2S. The lowest BCUT2D eigenvalue weighted by molar-refractivity contribution is -0.0889. The van der Waals surface area contributed by atoms with Crippen LogP contribution in [0, 0.1) is 5.92 Å². The molecular weight excluding hydrogens is 312 g/mol. The van der Waals surface area contributed by atoms with Crippen LogP contribution in [0.25, 0.3) is 10.9 Å². The summed E-state index contributed by atoms with van der Waals surface area (Å²) in [6.45, 7) is 3.38. The van der Waals surface area contributed by atoms with Gasteiger partial charge in [0.15, 0.2) is 11.4 Å². The van der Waals surface area contributed by atoms with E-state index < -0.39 is 0 Å². The van der Waals surface area contributed by atoms with Crippen molar-refractivity contribution >= 4 is 28.5 Å². The Morgan fingerprint density at radius 2 is 1.96 bits per heavy atom. The van der Waals surface area contributed by atoms with Crippen LogP contribution in [0.15, 0.2) is 23.6 Å². The molecule has 2 aromatic heterocycles. The minimum absolute atomic E-state index is 0.00917. The van der Waals surface area contributed by atoms with Crippen LogP contribution in [0.1, 0.15) is 12.8 Å². The highest BCUT2D eigenvalue weighted by Gasteiger charge is 2.31. The van der Waals surface area contributed by atoms with Crippen molar-refractivity contribution in [2.75, 3.05) is 37.5 Å². The minimum atomic E-state index is -0.00917. The molecule has 0 radical (unpaired) electrons.